The van der Waals surface area contributed by atoms with Gasteiger partial charge in [-0.15, -0.1) is 0 Å². The highest BCUT2D eigenvalue weighted by molar-refractivity contribution is 5.80. The van der Waals surface area contributed by atoms with Crippen molar-refractivity contribution in [2.45, 2.75) is 52.0 Å². The van der Waals surface area contributed by atoms with E-state index in [0.717, 1.165) is 25.9 Å². The number of urea groups is 1. The molecule has 0 atom stereocenters. The summed E-state index contributed by atoms with van der Waals surface area (Å²) >= 11 is 0. The molecular weight excluding hydrogens is 310 g/mol. The van der Waals surface area contributed by atoms with Crippen molar-refractivity contribution >= 4 is 17.9 Å². The van der Waals surface area contributed by atoms with Crippen LogP contribution in [0.4, 0.5) is 4.79 Å². The van der Waals surface area contributed by atoms with E-state index in [2.05, 4.69) is 0 Å². The van der Waals surface area contributed by atoms with Crippen molar-refractivity contribution in [2.75, 3.05) is 32.7 Å². The minimum absolute atomic E-state index is 0.0129. The summed E-state index contributed by atoms with van der Waals surface area (Å²) in [5.41, 5.74) is 0. The summed E-state index contributed by atoms with van der Waals surface area (Å²) < 4.78 is 0. The van der Waals surface area contributed by atoms with E-state index in [1.54, 1.807) is 4.90 Å². The third kappa shape index (κ3) is 4.61. The van der Waals surface area contributed by atoms with Crippen LogP contribution in [0.1, 0.15) is 46.0 Å². The quantitative estimate of drug-likeness (QED) is 0.825. The normalized spacial score (nSPS) is 19.0. The number of rotatable bonds is 5. The summed E-state index contributed by atoms with van der Waals surface area (Å²) in [5.74, 6) is -0.970. The number of amides is 3. The monoisotopic (exact) mass is 339 g/mol. The van der Waals surface area contributed by atoms with Gasteiger partial charge in [0, 0.05) is 44.7 Å². The Balaban J connectivity index is 1.86. The van der Waals surface area contributed by atoms with Gasteiger partial charge in [-0.1, -0.05) is 0 Å². The van der Waals surface area contributed by atoms with Crippen LogP contribution in [-0.2, 0) is 9.59 Å². The zero-order valence-electron chi connectivity index (χ0n) is 14.7. The zero-order chi connectivity index (χ0) is 17.7. The molecule has 1 N–H and O–H groups in total. The Kier molecular flexibility index (Phi) is 6.45. The van der Waals surface area contributed by atoms with Crippen LogP contribution >= 0.6 is 0 Å². The van der Waals surface area contributed by atoms with Gasteiger partial charge in [0.25, 0.3) is 0 Å². The summed E-state index contributed by atoms with van der Waals surface area (Å²) in [7, 11) is 0. The maximum absolute atomic E-state index is 12.7. The molecule has 0 aromatic heterocycles. The Labute approximate surface area is 143 Å². The second-order valence-electron chi connectivity index (χ2n) is 7.01. The van der Waals surface area contributed by atoms with E-state index >= 15 is 0 Å². The molecule has 2 aliphatic heterocycles. The molecule has 2 heterocycles. The molecular formula is C17H29N3O4. The van der Waals surface area contributed by atoms with Crippen LogP contribution in [0.2, 0.25) is 0 Å². The van der Waals surface area contributed by atoms with Gasteiger partial charge < -0.3 is 19.8 Å². The molecule has 7 heteroatoms. The van der Waals surface area contributed by atoms with Gasteiger partial charge in [0.05, 0.1) is 6.42 Å². The lowest BCUT2D eigenvalue weighted by molar-refractivity contribution is -0.141. The fourth-order valence-corrected chi connectivity index (χ4v) is 3.50. The van der Waals surface area contributed by atoms with E-state index in [0.29, 0.717) is 25.9 Å². The van der Waals surface area contributed by atoms with Gasteiger partial charge in [0.15, 0.2) is 0 Å². The minimum atomic E-state index is -0.889. The highest BCUT2D eigenvalue weighted by Crippen LogP contribution is 2.23. The molecule has 2 rings (SSSR count). The highest BCUT2D eigenvalue weighted by atomic mass is 16.4. The Hall–Kier alpha value is -1.79. The summed E-state index contributed by atoms with van der Waals surface area (Å²) in [6, 6.07) is 0.0890. The first-order valence-electron chi connectivity index (χ1n) is 8.96. The van der Waals surface area contributed by atoms with Crippen LogP contribution in [0.25, 0.3) is 0 Å². The van der Waals surface area contributed by atoms with E-state index in [4.69, 9.17) is 5.11 Å². The van der Waals surface area contributed by atoms with Gasteiger partial charge in [-0.3, -0.25) is 9.59 Å². The van der Waals surface area contributed by atoms with Crippen molar-refractivity contribution in [1.29, 1.82) is 0 Å². The number of hydrogen-bond donors (Lipinski definition) is 1. The van der Waals surface area contributed by atoms with Crippen molar-refractivity contribution in [1.82, 2.24) is 14.7 Å². The standard InChI is InChI=1S/C17H29N3O4/c1-13(2)20(12-7-15(21)22)16(23)14-5-10-19(11-6-14)17(24)18-8-3-4-9-18/h13-14H,3-12H2,1-2H3,(H,21,22). The van der Waals surface area contributed by atoms with Crippen LogP contribution in [0.5, 0.6) is 0 Å². The van der Waals surface area contributed by atoms with E-state index in [9.17, 15) is 14.4 Å². The molecule has 2 aliphatic rings. The number of carbonyl (C=O) groups excluding carboxylic acids is 2. The lowest BCUT2D eigenvalue weighted by Crippen LogP contribution is -2.49. The van der Waals surface area contributed by atoms with Crippen molar-refractivity contribution < 1.29 is 19.5 Å². The SMILES string of the molecule is CC(C)N(CCC(=O)O)C(=O)C1CCN(C(=O)N2CCCC2)CC1. The van der Waals surface area contributed by atoms with Gasteiger partial charge in [-0.05, 0) is 39.5 Å². The zero-order valence-corrected chi connectivity index (χ0v) is 14.7. The molecule has 2 fully saturated rings. The molecule has 3 amide bonds. The molecule has 24 heavy (non-hydrogen) atoms. The Bertz CT molecular complexity index is 466. The van der Waals surface area contributed by atoms with E-state index < -0.39 is 5.97 Å². The number of likely N-dealkylation sites (tertiary alicyclic amines) is 2. The predicted molar refractivity (Wildman–Crippen MR) is 89.6 cm³/mol. The average molecular weight is 339 g/mol. The molecule has 136 valence electrons. The summed E-state index contributed by atoms with van der Waals surface area (Å²) in [5, 5.41) is 8.85. The molecule has 0 bridgehead atoms. The summed E-state index contributed by atoms with van der Waals surface area (Å²) in [4.78, 5) is 41.3. The Morgan fingerprint density at radius 2 is 1.58 bits per heavy atom. The number of carbonyl (C=O) groups is 3. The number of hydrogen-bond acceptors (Lipinski definition) is 3. The smallest absolute Gasteiger partial charge is 0.319 e. The third-order valence-corrected chi connectivity index (χ3v) is 4.96. The first kappa shape index (κ1) is 18.5. The second kappa shape index (κ2) is 8.35. The topological polar surface area (TPSA) is 81.2 Å². The van der Waals surface area contributed by atoms with Crippen molar-refractivity contribution in [2.24, 2.45) is 5.92 Å². The molecule has 2 saturated heterocycles. The fourth-order valence-electron chi connectivity index (χ4n) is 3.50. The van der Waals surface area contributed by atoms with Crippen molar-refractivity contribution in [3.63, 3.8) is 0 Å². The molecule has 7 nitrogen and oxygen atoms in total. The fraction of sp³-hybridized carbons (Fsp3) is 0.824. The third-order valence-electron chi connectivity index (χ3n) is 4.96. The van der Waals surface area contributed by atoms with Gasteiger partial charge in [-0.25, -0.2) is 4.79 Å². The number of aliphatic carboxylic acids is 1. The van der Waals surface area contributed by atoms with Gasteiger partial charge >= 0.3 is 12.0 Å². The first-order valence-corrected chi connectivity index (χ1v) is 8.96. The number of nitrogens with zero attached hydrogens (tertiary/aromatic N) is 3. The average Bonchev–Trinajstić information content (AvgIpc) is 3.08. The predicted octanol–water partition coefficient (Wildman–Crippen LogP) is 1.63. The Morgan fingerprint density at radius 1 is 1.04 bits per heavy atom. The molecule has 0 saturated carbocycles. The molecule has 0 spiro atoms. The van der Waals surface area contributed by atoms with Crippen molar-refractivity contribution in [3.05, 3.63) is 0 Å². The van der Waals surface area contributed by atoms with Crippen molar-refractivity contribution in [3.8, 4) is 0 Å². The van der Waals surface area contributed by atoms with Crippen LogP contribution < -0.4 is 0 Å². The maximum atomic E-state index is 12.7. The van der Waals surface area contributed by atoms with E-state index in [1.165, 1.54) is 0 Å². The lowest BCUT2D eigenvalue weighted by atomic mass is 9.94. The summed E-state index contributed by atoms with van der Waals surface area (Å²) in [6.45, 7) is 6.96. The molecule has 0 unspecified atom stereocenters. The van der Waals surface area contributed by atoms with E-state index in [1.807, 2.05) is 23.6 Å². The number of piperidine rings is 1. The van der Waals surface area contributed by atoms with Gasteiger partial charge in [0.1, 0.15) is 0 Å². The Morgan fingerprint density at radius 3 is 2.08 bits per heavy atom. The van der Waals surface area contributed by atoms with E-state index in [-0.39, 0.29) is 36.9 Å². The largest absolute Gasteiger partial charge is 0.481 e. The first-order chi connectivity index (χ1) is 11.4. The second-order valence-corrected chi connectivity index (χ2v) is 7.01. The van der Waals surface area contributed by atoms with Crippen LogP contribution in [-0.4, -0.2) is 76.5 Å². The van der Waals surface area contributed by atoms with Gasteiger partial charge in [0.2, 0.25) is 5.91 Å². The highest BCUT2D eigenvalue weighted by Gasteiger charge is 2.33. The maximum Gasteiger partial charge on any atom is 0.319 e. The number of carboxylic acids is 1. The van der Waals surface area contributed by atoms with Crippen LogP contribution in [0, 0.1) is 5.92 Å². The molecule has 0 aromatic carbocycles. The molecule has 0 aromatic rings. The molecule has 0 radical (unpaired) electrons. The molecule has 0 aliphatic carbocycles. The lowest BCUT2D eigenvalue weighted by Gasteiger charge is -2.37. The van der Waals surface area contributed by atoms with Crippen LogP contribution in [0.15, 0.2) is 0 Å². The minimum Gasteiger partial charge on any atom is -0.481 e. The van der Waals surface area contributed by atoms with Crippen LogP contribution in [0.3, 0.4) is 0 Å². The number of carboxylic acid groups (broad SMARTS) is 1. The van der Waals surface area contributed by atoms with Gasteiger partial charge in [-0.2, -0.15) is 0 Å². The summed E-state index contributed by atoms with van der Waals surface area (Å²) in [6.07, 6.45) is 3.45.